The maximum absolute atomic E-state index is 13.3. The molecule has 1 saturated heterocycles. The van der Waals surface area contributed by atoms with E-state index in [0.29, 0.717) is 32.5 Å². The fourth-order valence-electron chi connectivity index (χ4n) is 5.40. The van der Waals surface area contributed by atoms with Gasteiger partial charge in [-0.3, -0.25) is 14.5 Å². The van der Waals surface area contributed by atoms with Gasteiger partial charge in [-0.15, -0.1) is 0 Å². The molecule has 1 unspecified atom stereocenters. The number of hydrogen-bond acceptors (Lipinski definition) is 3. The van der Waals surface area contributed by atoms with Crippen LogP contribution in [0.5, 0.6) is 0 Å². The van der Waals surface area contributed by atoms with Gasteiger partial charge in [-0.05, 0) is 29.5 Å². The first-order valence-electron chi connectivity index (χ1n) is 13.9. The second-order valence-corrected chi connectivity index (χ2v) is 10.7. The van der Waals surface area contributed by atoms with Gasteiger partial charge in [0.2, 0.25) is 11.8 Å². The van der Waals surface area contributed by atoms with Crippen LogP contribution in [0, 0.1) is 5.92 Å². The second kappa shape index (κ2) is 13.4. The zero-order valence-corrected chi connectivity index (χ0v) is 23.0. The maximum Gasteiger partial charge on any atom is 0.224 e. The summed E-state index contributed by atoms with van der Waals surface area (Å²) < 4.78 is 0. The van der Waals surface area contributed by atoms with Gasteiger partial charge in [0.25, 0.3) is 0 Å². The fraction of sp³-hybridized carbons (Fsp3) is 0.394. The molecule has 0 bridgehead atoms. The number of carbonyl (C=O) groups is 2. The topological polar surface area (TPSA) is 43.9 Å². The van der Waals surface area contributed by atoms with Gasteiger partial charge in [0.15, 0.2) is 0 Å². The molecule has 0 aliphatic carbocycles. The number of carbonyl (C=O) groups excluding carboxylic acids is 2. The molecule has 4 rings (SSSR count). The van der Waals surface area contributed by atoms with Gasteiger partial charge < -0.3 is 9.80 Å². The van der Waals surface area contributed by atoms with Crippen LogP contribution in [0.25, 0.3) is 0 Å². The summed E-state index contributed by atoms with van der Waals surface area (Å²) in [5.41, 5.74) is 3.64. The van der Waals surface area contributed by atoms with E-state index >= 15 is 0 Å². The molecule has 1 aliphatic rings. The lowest BCUT2D eigenvalue weighted by Gasteiger charge is -2.40. The lowest BCUT2D eigenvalue weighted by atomic mass is 9.96. The van der Waals surface area contributed by atoms with Crippen molar-refractivity contribution in [3.8, 4) is 0 Å². The minimum Gasteiger partial charge on any atom is -0.340 e. The molecule has 1 atom stereocenters. The molecule has 5 heteroatoms. The van der Waals surface area contributed by atoms with Crippen molar-refractivity contribution < 1.29 is 9.59 Å². The van der Waals surface area contributed by atoms with E-state index in [1.165, 1.54) is 11.1 Å². The van der Waals surface area contributed by atoms with E-state index in [0.717, 1.165) is 18.7 Å². The van der Waals surface area contributed by atoms with Crippen LogP contribution in [-0.2, 0) is 9.59 Å². The number of rotatable bonds is 10. The maximum atomic E-state index is 13.3. The van der Waals surface area contributed by atoms with Crippen molar-refractivity contribution in [3.63, 3.8) is 0 Å². The lowest BCUT2D eigenvalue weighted by Crippen LogP contribution is -2.50. The Morgan fingerprint density at radius 2 is 1.18 bits per heavy atom. The van der Waals surface area contributed by atoms with Crippen LogP contribution in [0.2, 0.25) is 0 Å². The van der Waals surface area contributed by atoms with Gasteiger partial charge in [0.1, 0.15) is 0 Å². The summed E-state index contributed by atoms with van der Waals surface area (Å²) in [7, 11) is 0. The van der Waals surface area contributed by atoms with Crippen LogP contribution in [-0.4, -0.2) is 59.2 Å². The average Bonchev–Trinajstić information content (AvgIpc) is 2.95. The van der Waals surface area contributed by atoms with Crippen molar-refractivity contribution >= 4 is 11.8 Å². The monoisotopic (exact) mass is 511 g/mol. The first-order chi connectivity index (χ1) is 18.4. The summed E-state index contributed by atoms with van der Waals surface area (Å²) in [6, 6.07) is 31.4. The quantitative estimate of drug-likeness (QED) is 0.338. The Hall–Kier alpha value is -3.44. The highest BCUT2D eigenvalue weighted by molar-refractivity contribution is 5.79. The molecule has 0 radical (unpaired) electrons. The van der Waals surface area contributed by atoms with E-state index in [9.17, 15) is 9.59 Å². The Kier molecular flexibility index (Phi) is 9.72. The minimum atomic E-state index is -0.0652. The van der Waals surface area contributed by atoms with E-state index in [1.54, 1.807) is 0 Å². The standard InChI is InChI=1S/C33H41N3O2/c1-26(2)25-32(38)36(27(3)28-13-7-4-8-14-28)20-19-31(37)34-21-23-35(24-22-34)33(29-15-9-5-10-16-29)30-17-11-6-12-18-30/h4-18,26-27,33H,19-25H2,1-3H3. The summed E-state index contributed by atoms with van der Waals surface area (Å²) in [5.74, 6) is 0.518. The summed E-state index contributed by atoms with van der Waals surface area (Å²) in [6.45, 7) is 9.65. The molecule has 1 aliphatic heterocycles. The van der Waals surface area contributed by atoms with Crippen molar-refractivity contribution in [1.29, 1.82) is 0 Å². The normalized spacial score (nSPS) is 15.0. The third-order valence-corrected chi connectivity index (χ3v) is 7.48. The fourth-order valence-corrected chi connectivity index (χ4v) is 5.40. The molecule has 3 aromatic rings. The summed E-state index contributed by atoms with van der Waals surface area (Å²) in [6.07, 6.45) is 0.839. The molecular weight excluding hydrogens is 470 g/mol. The minimum absolute atomic E-state index is 0.0652. The van der Waals surface area contributed by atoms with Gasteiger partial charge in [-0.2, -0.15) is 0 Å². The van der Waals surface area contributed by atoms with Crippen molar-refractivity contribution in [1.82, 2.24) is 14.7 Å². The first-order valence-corrected chi connectivity index (χ1v) is 13.9. The van der Waals surface area contributed by atoms with Crippen LogP contribution >= 0.6 is 0 Å². The van der Waals surface area contributed by atoms with E-state index in [1.807, 2.05) is 28.0 Å². The van der Waals surface area contributed by atoms with Gasteiger partial charge >= 0.3 is 0 Å². The highest BCUT2D eigenvalue weighted by atomic mass is 16.2. The summed E-state index contributed by atoms with van der Waals surface area (Å²) >= 11 is 0. The molecule has 5 nitrogen and oxygen atoms in total. The van der Waals surface area contributed by atoms with Crippen LogP contribution in [0.15, 0.2) is 91.0 Å². The highest BCUT2D eigenvalue weighted by Gasteiger charge is 2.29. The zero-order chi connectivity index (χ0) is 26.9. The Balaban J connectivity index is 1.39. The molecule has 1 heterocycles. The third-order valence-electron chi connectivity index (χ3n) is 7.48. The molecule has 200 valence electrons. The average molecular weight is 512 g/mol. The summed E-state index contributed by atoms with van der Waals surface area (Å²) in [5, 5.41) is 0. The van der Waals surface area contributed by atoms with Gasteiger partial charge in [0.05, 0.1) is 12.1 Å². The number of nitrogens with zero attached hydrogens (tertiary/aromatic N) is 3. The largest absolute Gasteiger partial charge is 0.340 e. The molecule has 0 saturated carbocycles. The van der Waals surface area contributed by atoms with Crippen LogP contribution < -0.4 is 0 Å². The molecule has 0 N–H and O–H groups in total. The molecule has 38 heavy (non-hydrogen) atoms. The molecule has 0 aromatic heterocycles. The Morgan fingerprint density at radius 1 is 0.711 bits per heavy atom. The van der Waals surface area contributed by atoms with Crippen LogP contribution in [0.1, 0.15) is 62.4 Å². The Bertz CT molecular complexity index is 1100. The number of benzene rings is 3. The second-order valence-electron chi connectivity index (χ2n) is 10.7. The Labute approximate surface area is 228 Å². The molecule has 1 fully saturated rings. The molecular formula is C33H41N3O2. The smallest absolute Gasteiger partial charge is 0.224 e. The van der Waals surface area contributed by atoms with E-state index in [2.05, 4.69) is 98.5 Å². The van der Waals surface area contributed by atoms with Gasteiger partial charge in [-0.25, -0.2) is 0 Å². The van der Waals surface area contributed by atoms with Crippen LogP contribution in [0.4, 0.5) is 0 Å². The van der Waals surface area contributed by atoms with E-state index < -0.39 is 0 Å². The number of piperazine rings is 1. The lowest BCUT2D eigenvalue weighted by molar-refractivity contribution is -0.137. The molecule has 3 aromatic carbocycles. The molecule has 0 spiro atoms. The van der Waals surface area contributed by atoms with Crippen molar-refractivity contribution in [2.75, 3.05) is 32.7 Å². The van der Waals surface area contributed by atoms with E-state index in [4.69, 9.17) is 0 Å². The number of amides is 2. The highest BCUT2D eigenvalue weighted by Crippen LogP contribution is 2.29. The van der Waals surface area contributed by atoms with Crippen molar-refractivity contribution in [2.45, 2.75) is 45.7 Å². The predicted octanol–water partition coefficient (Wildman–Crippen LogP) is 5.95. The third kappa shape index (κ3) is 7.11. The van der Waals surface area contributed by atoms with Gasteiger partial charge in [0, 0.05) is 45.6 Å². The number of hydrogen-bond donors (Lipinski definition) is 0. The SMILES string of the molecule is CC(C)CC(=O)N(CCC(=O)N1CCN(C(c2ccccc2)c2ccccc2)CC1)C(C)c1ccccc1. The molecule has 2 amide bonds. The summed E-state index contributed by atoms with van der Waals surface area (Å²) in [4.78, 5) is 32.8. The van der Waals surface area contributed by atoms with Crippen molar-refractivity contribution in [2.24, 2.45) is 5.92 Å². The van der Waals surface area contributed by atoms with Crippen LogP contribution in [0.3, 0.4) is 0 Å². The van der Waals surface area contributed by atoms with E-state index in [-0.39, 0.29) is 29.8 Å². The zero-order valence-electron chi connectivity index (χ0n) is 23.0. The van der Waals surface area contributed by atoms with Gasteiger partial charge in [-0.1, -0.05) is 105 Å². The Morgan fingerprint density at radius 3 is 1.66 bits per heavy atom. The predicted molar refractivity (Wildman–Crippen MR) is 154 cm³/mol. The first kappa shape index (κ1) is 27.6. The van der Waals surface area contributed by atoms with Crippen molar-refractivity contribution in [3.05, 3.63) is 108 Å².